The molecule has 5 heteroatoms. The molecular weight excluding hydrogens is 225 g/mol. The molecule has 1 aromatic carbocycles. The first-order valence-electron chi connectivity index (χ1n) is 4.80. The van der Waals surface area contributed by atoms with Gasteiger partial charge < -0.3 is 10.1 Å². The second-order valence-electron chi connectivity index (χ2n) is 3.46. The summed E-state index contributed by atoms with van der Waals surface area (Å²) in [6.07, 6.45) is 0. The third kappa shape index (κ3) is 2.39. The van der Waals surface area contributed by atoms with Crippen LogP contribution in [-0.4, -0.2) is 16.1 Å². The van der Waals surface area contributed by atoms with Gasteiger partial charge in [-0.3, -0.25) is 4.79 Å². The number of hydrogen-bond acceptors (Lipinski definition) is 2. The van der Waals surface area contributed by atoms with Gasteiger partial charge >= 0.3 is 5.97 Å². The van der Waals surface area contributed by atoms with Crippen molar-refractivity contribution in [2.24, 2.45) is 0 Å². The average Bonchev–Trinajstić information content (AvgIpc) is 2.28. The third-order valence-corrected chi connectivity index (χ3v) is 2.23. The molecule has 2 rings (SSSR count). The maximum absolute atomic E-state index is 13.0. The molecule has 0 aliphatic carbocycles. The lowest BCUT2D eigenvalue weighted by Crippen LogP contribution is -2.10. The molecule has 0 saturated heterocycles. The molecule has 0 atom stereocenters. The largest absolute Gasteiger partial charge is 0.478 e. The minimum Gasteiger partial charge on any atom is -0.478 e. The van der Waals surface area contributed by atoms with Gasteiger partial charge in [0.05, 0.1) is 5.56 Å². The molecule has 4 nitrogen and oxygen atoms in total. The molecule has 2 N–H and O–H groups in total. The molecule has 0 bridgehead atoms. The Balaban J connectivity index is 2.60. The van der Waals surface area contributed by atoms with Crippen LogP contribution in [0.25, 0.3) is 11.3 Å². The van der Waals surface area contributed by atoms with Crippen molar-refractivity contribution >= 4 is 5.97 Å². The normalized spacial score (nSPS) is 10.2. The first-order chi connectivity index (χ1) is 8.06. The Labute approximate surface area is 95.4 Å². The van der Waals surface area contributed by atoms with Gasteiger partial charge in [-0.2, -0.15) is 0 Å². The van der Waals surface area contributed by atoms with Crippen LogP contribution in [0.3, 0.4) is 0 Å². The number of benzene rings is 1. The predicted molar refractivity (Wildman–Crippen MR) is 59.4 cm³/mol. The number of halogens is 1. The fourth-order valence-electron chi connectivity index (χ4n) is 1.48. The van der Waals surface area contributed by atoms with Crippen LogP contribution in [0.2, 0.25) is 0 Å². The number of carbonyl (C=O) groups is 1. The van der Waals surface area contributed by atoms with Crippen molar-refractivity contribution in [3.63, 3.8) is 0 Å². The van der Waals surface area contributed by atoms with E-state index in [0.717, 1.165) is 6.07 Å². The van der Waals surface area contributed by atoms with Gasteiger partial charge in [0.1, 0.15) is 5.82 Å². The predicted octanol–water partition coefficient (Wildman–Crippen LogP) is 1.88. The molecule has 0 aliphatic rings. The highest BCUT2D eigenvalue weighted by Gasteiger charge is 2.07. The number of carboxylic acid groups (broad SMARTS) is 1. The molecule has 86 valence electrons. The molecule has 1 aromatic heterocycles. The Kier molecular flexibility index (Phi) is 2.74. The van der Waals surface area contributed by atoms with Crippen LogP contribution in [0, 0.1) is 5.82 Å². The van der Waals surface area contributed by atoms with E-state index in [1.54, 1.807) is 6.07 Å². The Morgan fingerprint density at radius 1 is 1.24 bits per heavy atom. The number of aromatic carboxylic acids is 1. The van der Waals surface area contributed by atoms with Crippen LogP contribution in [0.4, 0.5) is 4.39 Å². The van der Waals surface area contributed by atoms with E-state index in [1.807, 2.05) is 0 Å². The van der Waals surface area contributed by atoms with Crippen molar-refractivity contribution < 1.29 is 14.3 Å². The number of nitrogens with one attached hydrogen (secondary N) is 1. The summed E-state index contributed by atoms with van der Waals surface area (Å²) < 4.78 is 13.0. The highest BCUT2D eigenvalue weighted by molar-refractivity contribution is 5.88. The van der Waals surface area contributed by atoms with Crippen molar-refractivity contribution in [2.45, 2.75) is 0 Å². The van der Waals surface area contributed by atoms with Crippen LogP contribution < -0.4 is 5.56 Å². The third-order valence-electron chi connectivity index (χ3n) is 2.23. The highest BCUT2D eigenvalue weighted by atomic mass is 19.1. The van der Waals surface area contributed by atoms with Gasteiger partial charge in [-0.05, 0) is 18.2 Å². The first-order valence-corrected chi connectivity index (χ1v) is 4.80. The van der Waals surface area contributed by atoms with Crippen molar-refractivity contribution in [3.8, 4) is 11.3 Å². The van der Waals surface area contributed by atoms with Gasteiger partial charge in [0.25, 0.3) is 0 Å². The van der Waals surface area contributed by atoms with Crippen LogP contribution in [0.15, 0.2) is 41.2 Å². The quantitative estimate of drug-likeness (QED) is 0.831. The molecular formula is C12H8FNO3. The SMILES string of the molecule is O=C(O)c1cc(-c2cccc(F)c2)[nH]c(=O)c1. The van der Waals surface area contributed by atoms with Gasteiger partial charge in [0.15, 0.2) is 0 Å². The topological polar surface area (TPSA) is 70.2 Å². The summed E-state index contributed by atoms with van der Waals surface area (Å²) in [5.74, 6) is -1.65. The zero-order valence-corrected chi connectivity index (χ0v) is 8.61. The zero-order chi connectivity index (χ0) is 12.4. The lowest BCUT2D eigenvalue weighted by molar-refractivity contribution is 0.0696. The van der Waals surface area contributed by atoms with E-state index in [1.165, 1.54) is 24.3 Å². The summed E-state index contributed by atoms with van der Waals surface area (Å²) in [5.41, 5.74) is 0.0248. The second kappa shape index (κ2) is 4.21. The second-order valence-corrected chi connectivity index (χ2v) is 3.46. The maximum Gasteiger partial charge on any atom is 0.335 e. The van der Waals surface area contributed by atoms with E-state index in [2.05, 4.69) is 4.98 Å². The molecule has 0 fully saturated rings. The minimum atomic E-state index is -1.20. The smallest absolute Gasteiger partial charge is 0.335 e. The molecule has 1 heterocycles. The summed E-state index contributed by atoms with van der Waals surface area (Å²) in [6.45, 7) is 0. The lowest BCUT2D eigenvalue weighted by atomic mass is 10.1. The number of rotatable bonds is 2. The van der Waals surface area contributed by atoms with E-state index in [0.29, 0.717) is 5.56 Å². The van der Waals surface area contributed by atoms with Crippen LogP contribution >= 0.6 is 0 Å². The minimum absolute atomic E-state index is 0.131. The van der Waals surface area contributed by atoms with E-state index in [-0.39, 0.29) is 11.3 Å². The Morgan fingerprint density at radius 2 is 2.00 bits per heavy atom. The summed E-state index contributed by atoms with van der Waals surface area (Å²) in [4.78, 5) is 24.5. The monoisotopic (exact) mass is 233 g/mol. The number of hydrogen-bond donors (Lipinski definition) is 2. The maximum atomic E-state index is 13.0. The molecule has 0 amide bonds. The molecule has 17 heavy (non-hydrogen) atoms. The van der Waals surface area contributed by atoms with Gasteiger partial charge in [-0.15, -0.1) is 0 Å². The van der Waals surface area contributed by atoms with Gasteiger partial charge in [-0.25, -0.2) is 9.18 Å². The van der Waals surface area contributed by atoms with E-state index in [9.17, 15) is 14.0 Å². The Morgan fingerprint density at radius 3 is 2.65 bits per heavy atom. The van der Waals surface area contributed by atoms with E-state index >= 15 is 0 Å². The summed E-state index contributed by atoms with van der Waals surface area (Å²) in [6, 6.07) is 7.82. The van der Waals surface area contributed by atoms with Crippen molar-refractivity contribution in [2.75, 3.05) is 0 Å². The molecule has 0 spiro atoms. The standard InChI is InChI=1S/C12H8FNO3/c13-9-3-1-2-7(4-9)10-5-8(12(16)17)6-11(15)14-10/h1-6H,(H,14,15)(H,16,17). The summed E-state index contributed by atoms with van der Waals surface area (Å²) in [5, 5.41) is 8.81. The van der Waals surface area contributed by atoms with E-state index < -0.39 is 17.3 Å². The van der Waals surface area contributed by atoms with Gasteiger partial charge in [0, 0.05) is 17.3 Å². The average molecular weight is 233 g/mol. The highest BCUT2D eigenvalue weighted by Crippen LogP contribution is 2.17. The van der Waals surface area contributed by atoms with Crippen molar-refractivity contribution in [1.82, 2.24) is 4.98 Å². The number of pyridine rings is 1. The van der Waals surface area contributed by atoms with Crippen LogP contribution in [0.1, 0.15) is 10.4 Å². The number of carboxylic acids is 1. The van der Waals surface area contributed by atoms with E-state index in [4.69, 9.17) is 5.11 Å². The lowest BCUT2D eigenvalue weighted by Gasteiger charge is -2.02. The van der Waals surface area contributed by atoms with Gasteiger partial charge in [-0.1, -0.05) is 12.1 Å². The number of H-pyrrole nitrogens is 1. The number of aromatic nitrogens is 1. The number of aromatic amines is 1. The molecule has 0 unspecified atom stereocenters. The molecule has 0 saturated carbocycles. The van der Waals surface area contributed by atoms with Crippen LogP contribution in [-0.2, 0) is 0 Å². The van der Waals surface area contributed by atoms with Crippen molar-refractivity contribution in [1.29, 1.82) is 0 Å². The van der Waals surface area contributed by atoms with Crippen molar-refractivity contribution in [3.05, 3.63) is 58.1 Å². The Hall–Kier alpha value is -2.43. The summed E-state index contributed by atoms with van der Waals surface area (Å²) in [7, 11) is 0. The molecule has 0 radical (unpaired) electrons. The fraction of sp³-hybridized carbons (Fsp3) is 0. The first kappa shape index (κ1) is 11.1. The van der Waals surface area contributed by atoms with Crippen LogP contribution in [0.5, 0.6) is 0 Å². The Bertz CT molecular complexity index is 634. The van der Waals surface area contributed by atoms with Gasteiger partial charge in [0.2, 0.25) is 5.56 Å². The zero-order valence-electron chi connectivity index (χ0n) is 8.61. The molecule has 0 aliphatic heterocycles. The molecule has 2 aromatic rings. The fourth-order valence-corrected chi connectivity index (χ4v) is 1.48. The summed E-state index contributed by atoms with van der Waals surface area (Å²) >= 11 is 0.